The molecular weight excluding hydrogens is 1620 g/mol. The van der Waals surface area contributed by atoms with Crippen molar-refractivity contribution in [3.8, 4) is 6.07 Å². The highest BCUT2D eigenvalue weighted by Gasteiger charge is 2.28. The van der Waals surface area contributed by atoms with E-state index in [1.54, 1.807) is 84.6 Å². The van der Waals surface area contributed by atoms with Crippen LogP contribution in [0.2, 0.25) is 0 Å². The molecule has 0 radical (unpaired) electrons. The number of piperidine rings is 1. The fourth-order valence-corrected chi connectivity index (χ4v) is 11.1. The number of anilines is 2. The first-order chi connectivity index (χ1) is 59.8. The Balaban J connectivity index is 0.000000215. The molecule has 0 bridgehead atoms. The van der Waals surface area contributed by atoms with Crippen molar-refractivity contribution in [2.75, 3.05) is 56.6 Å². The van der Waals surface area contributed by atoms with E-state index in [0.717, 1.165) is 37.9 Å². The molecule has 5 amide bonds. The highest BCUT2D eigenvalue weighted by Crippen LogP contribution is 2.29. The molecule has 3 aliphatic heterocycles. The number of nitrogens with one attached hydrogen (secondary N) is 4. The van der Waals surface area contributed by atoms with Gasteiger partial charge in [-0.15, -0.1) is 51.1 Å². The summed E-state index contributed by atoms with van der Waals surface area (Å²) >= 11 is 0. The predicted molar refractivity (Wildman–Crippen MR) is 448 cm³/mol. The molecular formula is C85H85N19O21. The number of fused-ring (bicyclic) bond motifs is 1. The van der Waals surface area contributed by atoms with E-state index in [2.05, 4.69) is 82.4 Å². The average Bonchev–Trinajstić information content (AvgIpc) is 0.818. The number of carboxylic acid groups (broad SMARTS) is 5. The van der Waals surface area contributed by atoms with E-state index in [-0.39, 0.29) is 114 Å². The van der Waals surface area contributed by atoms with Crippen LogP contribution in [-0.4, -0.2) is 182 Å². The van der Waals surface area contributed by atoms with Gasteiger partial charge in [-0.05, 0) is 170 Å². The van der Waals surface area contributed by atoms with E-state index >= 15 is 0 Å². The average molecular weight is 1710 g/mol. The molecule has 2 saturated heterocycles. The van der Waals surface area contributed by atoms with Crippen LogP contribution in [0.5, 0.6) is 0 Å². The SMILES string of the molecule is CC(O)=C(N=Nc1ccccc1C(=O)O)C(=O)N1CCOCC1.CC(O)=C(N=Nc1ccccc1C(=O)O)C(=O)N1CCc2ccccc2C1.CC(O)=C(N=Nc1ccccc1C(=O)O)C(=O)NC1CCNCC1.CC(O)=C(N=Nc1ccccc1C(=O)O)C(=O)Nc1ccc(C#N)cn1.CC(O)=C(N=Nc1ccccc1C(=O)O)C(=O)Nc1cccc(C)n1. The Bertz CT molecular complexity index is 5680. The summed E-state index contributed by atoms with van der Waals surface area (Å²) in [6, 6.07) is 47.7. The van der Waals surface area contributed by atoms with Crippen molar-refractivity contribution in [1.82, 2.24) is 30.4 Å². The van der Waals surface area contributed by atoms with Crippen LogP contribution in [0.25, 0.3) is 0 Å². The van der Waals surface area contributed by atoms with Gasteiger partial charge in [0.1, 0.15) is 74.9 Å². The molecule has 40 heteroatoms. The summed E-state index contributed by atoms with van der Waals surface area (Å²) in [5.74, 6) is -9.90. The third-order valence-electron chi connectivity index (χ3n) is 17.4. The largest absolute Gasteiger partial charge is 0.510 e. The lowest BCUT2D eigenvalue weighted by molar-refractivity contribution is -0.131. The zero-order valence-corrected chi connectivity index (χ0v) is 67.8. The number of rotatable bonds is 23. The van der Waals surface area contributed by atoms with Crippen LogP contribution < -0.4 is 21.3 Å². The highest BCUT2D eigenvalue weighted by molar-refractivity contribution is 6.04. The molecule has 3 aliphatic rings. The molecule has 0 unspecified atom stereocenters. The Morgan fingerprint density at radius 2 is 0.768 bits per heavy atom. The monoisotopic (exact) mass is 1710 g/mol. The van der Waals surface area contributed by atoms with Crippen LogP contribution in [0.1, 0.15) is 122 Å². The number of ether oxygens (including phenoxy) is 1. The van der Waals surface area contributed by atoms with Crippen LogP contribution >= 0.6 is 0 Å². The van der Waals surface area contributed by atoms with Gasteiger partial charge in [0.05, 0.1) is 46.6 Å². The second-order valence-corrected chi connectivity index (χ2v) is 26.5. The number of azo groups is 5. The first kappa shape index (κ1) is 95.6. The summed E-state index contributed by atoms with van der Waals surface area (Å²) < 4.78 is 5.17. The molecule has 11 rings (SSSR count). The Hall–Kier alpha value is -16.6. The van der Waals surface area contributed by atoms with Gasteiger partial charge >= 0.3 is 29.8 Å². The zero-order chi connectivity index (χ0) is 91.2. The third kappa shape index (κ3) is 29.4. The first-order valence-electron chi connectivity index (χ1n) is 37.6. The van der Waals surface area contributed by atoms with E-state index in [0.29, 0.717) is 56.5 Å². The van der Waals surface area contributed by atoms with Crippen LogP contribution in [-0.2, 0) is 41.7 Å². The van der Waals surface area contributed by atoms with Gasteiger partial charge in [0, 0.05) is 44.1 Å². The van der Waals surface area contributed by atoms with Gasteiger partial charge in [-0.1, -0.05) is 91.0 Å². The number of hydrogen-bond donors (Lipinski definition) is 14. The minimum absolute atomic E-state index is 0.00889. The molecule has 6 aromatic carbocycles. The maximum atomic E-state index is 12.8. The Morgan fingerprint density at radius 1 is 0.416 bits per heavy atom. The van der Waals surface area contributed by atoms with Gasteiger partial charge < -0.3 is 86.9 Å². The van der Waals surface area contributed by atoms with Crippen molar-refractivity contribution in [2.24, 2.45) is 51.1 Å². The molecule has 14 N–H and O–H groups in total. The summed E-state index contributed by atoms with van der Waals surface area (Å²) in [6.45, 7) is 12.5. The summed E-state index contributed by atoms with van der Waals surface area (Å²) in [6.07, 6.45) is 3.58. The van der Waals surface area contributed by atoms with Gasteiger partial charge in [0.2, 0.25) is 0 Å². The van der Waals surface area contributed by atoms with Crippen LogP contribution in [0.15, 0.2) is 291 Å². The molecule has 2 aromatic heterocycles. The number of aromatic carboxylic acids is 5. The number of hydrogen-bond acceptors (Lipinski definition) is 30. The number of carbonyl (C=O) groups excluding carboxylic acids is 5. The summed E-state index contributed by atoms with van der Waals surface area (Å²) in [5.41, 5.74) is 2.05. The summed E-state index contributed by atoms with van der Waals surface area (Å²) in [7, 11) is 0. The second kappa shape index (κ2) is 47.9. The number of pyridine rings is 2. The maximum Gasteiger partial charge on any atom is 0.337 e. The topological polar surface area (TPSA) is 610 Å². The third-order valence-corrected chi connectivity index (χ3v) is 17.4. The van der Waals surface area contributed by atoms with Crippen molar-refractivity contribution < 1.29 is 104 Å². The molecule has 40 nitrogen and oxygen atoms in total. The molecule has 0 saturated carbocycles. The van der Waals surface area contributed by atoms with Gasteiger partial charge in [-0.2, -0.15) is 5.26 Å². The van der Waals surface area contributed by atoms with E-state index in [1.165, 1.54) is 130 Å². The molecule has 646 valence electrons. The van der Waals surface area contributed by atoms with Crippen molar-refractivity contribution in [3.05, 3.63) is 290 Å². The predicted octanol–water partition coefficient (Wildman–Crippen LogP) is 14.8. The number of carboxylic acids is 5. The number of carbonyl (C=O) groups is 10. The number of aliphatic hydroxyl groups is 5. The number of benzene rings is 6. The maximum absolute atomic E-state index is 12.8. The zero-order valence-electron chi connectivity index (χ0n) is 67.8. The number of allylic oxidation sites excluding steroid dienone is 5. The van der Waals surface area contributed by atoms with Crippen molar-refractivity contribution >= 4 is 99.5 Å². The Morgan fingerprint density at radius 3 is 1.13 bits per heavy atom. The second-order valence-electron chi connectivity index (χ2n) is 26.5. The lowest BCUT2D eigenvalue weighted by atomic mass is 10.00. The van der Waals surface area contributed by atoms with E-state index < -0.39 is 70.8 Å². The van der Waals surface area contributed by atoms with Gasteiger partial charge in [0.25, 0.3) is 29.5 Å². The Labute approximate surface area is 712 Å². The normalized spacial score (nSPS) is 14.2. The number of nitriles is 1. The number of amides is 5. The molecule has 5 heterocycles. The van der Waals surface area contributed by atoms with Crippen LogP contribution in [0, 0.1) is 18.3 Å². The van der Waals surface area contributed by atoms with Gasteiger partial charge in [-0.3, -0.25) is 24.0 Å². The lowest BCUT2D eigenvalue weighted by Gasteiger charge is -2.28. The van der Waals surface area contributed by atoms with Crippen molar-refractivity contribution in [1.29, 1.82) is 5.26 Å². The number of aryl methyl sites for hydroxylation is 1. The number of aliphatic hydroxyl groups excluding tert-OH is 5. The fourth-order valence-electron chi connectivity index (χ4n) is 11.1. The molecule has 0 atom stereocenters. The summed E-state index contributed by atoms with van der Waals surface area (Å²) in [5, 5.41) is 152. The van der Waals surface area contributed by atoms with Gasteiger partial charge in [-0.25, -0.2) is 33.9 Å². The highest BCUT2D eigenvalue weighted by atomic mass is 16.5. The standard InChI is InChI=1S/C20H19N3O4.C17H13N5O4.C17H16N4O4.C16H20N4O4.C15H17N3O5/c1-13(24)18(22-21-17-9-5-4-8-16(17)20(26)27)19(25)23-11-10-14-6-2-3-7-15(14)12-23;1-10(23)15(16(24)20-14-7-6-11(8-18)9-19-14)22-21-13-5-3-2-4-12(13)17(25)26;1-10-6-5-9-14(18-10)19-16(23)15(11(2)22)21-20-13-8-4-3-7-12(13)17(24)25;1-10(21)14(15(22)18-11-6-8-17-9-7-11)20-19-13-5-3-2-4-12(13)16(23)24;1-10(19)13(14(20)18-6-8-23-9-7-18)17-16-12-5-3-2-4-11(12)15(21)22/h2-9,24H,10-12H2,1H3,(H,26,27);2-7,9,23H,1H3,(H,25,26)(H,19,20,24);3-9,22H,1-2H3,(H,24,25)(H,18,19,23);2-5,11,17,21H,6-9H2,1H3,(H,18,22)(H,23,24);2-5,19H,6-9H2,1H3,(H,21,22). The molecule has 8 aromatic rings. The minimum atomic E-state index is -1.20. The number of morpholine rings is 1. The van der Waals surface area contributed by atoms with Crippen LogP contribution in [0.3, 0.4) is 0 Å². The number of aromatic nitrogens is 2. The van der Waals surface area contributed by atoms with E-state index in [9.17, 15) is 78.6 Å². The van der Waals surface area contributed by atoms with E-state index in [1.807, 2.05) is 30.3 Å². The van der Waals surface area contributed by atoms with Gasteiger partial charge in [0.15, 0.2) is 28.5 Å². The first-order valence-corrected chi connectivity index (χ1v) is 37.6. The summed E-state index contributed by atoms with van der Waals surface area (Å²) in [4.78, 5) is 129. The van der Waals surface area contributed by atoms with Crippen molar-refractivity contribution in [3.63, 3.8) is 0 Å². The smallest absolute Gasteiger partial charge is 0.337 e. The molecule has 0 spiro atoms. The minimum Gasteiger partial charge on any atom is -0.510 e. The molecule has 0 aliphatic carbocycles. The van der Waals surface area contributed by atoms with Crippen molar-refractivity contribution in [2.45, 2.75) is 73.4 Å². The molecule has 125 heavy (non-hydrogen) atoms. The Kier molecular flexibility index (Phi) is 36.6. The quantitative estimate of drug-likeness (QED) is 0.0161. The van der Waals surface area contributed by atoms with E-state index in [4.69, 9.17) is 30.4 Å². The fraction of sp³-hybridized carbons (Fsp3) is 0.212. The van der Waals surface area contributed by atoms with Crippen LogP contribution in [0.4, 0.5) is 40.1 Å². The lowest BCUT2D eigenvalue weighted by Crippen LogP contribution is -2.43. The number of nitrogens with zero attached hydrogens (tertiary/aromatic N) is 15. The molecule has 2 fully saturated rings.